The maximum absolute atomic E-state index is 15.2. The van der Waals surface area contributed by atoms with Gasteiger partial charge in [0.25, 0.3) is 0 Å². The summed E-state index contributed by atoms with van der Waals surface area (Å²) in [6.45, 7) is 2.17. The third-order valence-corrected chi connectivity index (χ3v) is 5.59. The molecule has 4 rings (SSSR count). The van der Waals surface area contributed by atoms with Gasteiger partial charge in [0.15, 0.2) is 0 Å². The lowest BCUT2D eigenvalue weighted by Gasteiger charge is -2.10. The first-order chi connectivity index (χ1) is 14.1. The molecule has 4 aromatic carbocycles. The third-order valence-electron chi connectivity index (χ3n) is 5.29. The first-order valence-corrected chi connectivity index (χ1v) is 10.2. The Hall–Kier alpha value is -2.71. The zero-order valence-corrected chi connectivity index (χ0v) is 16.9. The van der Waals surface area contributed by atoms with Crippen molar-refractivity contribution in [1.82, 2.24) is 0 Å². The Morgan fingerprint density at radius 1 is 0.759 bits per heavy atom. The van der Waals surface area contributed by atoms with E-state index in [1.54, 1.807) is 6.07 Å². The van der Waals surface area contributed by atoms with Gasteiger partial charge in [-0.15, -0.1) is 0 Å². The standard InChI is InChI=1S/C26H21ClF2/c1-2-3-4-17-5-12-23-21(15-17)10-13-22(26(23)29)19-8-6-18(7-9-19)20-11-14-24(27)25(28)16-20/h5-16H,2-4H2,1H3. The van der Waals surface area contributed by atoms with E-state index in [1.807, 2.05) is 48.5 Å². The molecule has 4 aromatic rings. The number of benzene rings is 4. The summed E-state index contributed by atoms with van der Waals surface area (Å²) in [5, 5.41) is 1.65. The van der Waals surface area contributed by atoms with Crippen molar-refractivity contribution in [1.29, 1.82) is 0 Å². The van der Waals surface area contributed by atoms with Crippen LogP contribution in [0.5, 0.6) is 0 Å². The van der Waals surface area contributed by atoms with Crippen LogP contribution in [0.4, 0.5) is 8.78 Å². The zero-order valence-electron chi connectivity index (χ0n) is 16.2. The molecule has 29 heavy (non-hydrogen) atoms. The first-order valence-electron chi connectivity index (χ1n) is 9.84. The first kappa shape index (κ1) is 19.6. The van der Waals surface area contributed by atoms with Crippen LogP contribution < -0.4 is 0 Å². The van der Waals surface area contributed by atoms with E-state index in [-0.39, 0.29) is 10.8 Å². The number of halogens is 3. The fraction of sp³-hybridized carbons (Fsp3) is 0.154. The van der Waals surface area contributed by atoms with Gasteiger partial charge in [-0.05, 0) is 52.6 Å². The molecule has 0 bridgehead atoms. The minimum absolute atomic E-state index is 0.0986. The highest BCUT2D eigenvalue weighted by Gasteiger charge is 2.11. The zero-order chi connectivity index (χ0) is 20.4. The normalized spacial score (nSPS) is 11.2. The van der Waals surface area contributed by atoms with Gasteiger partial charge in [-0.1, -0.05) is 85.6 Å². The lowest BCUT2D eigenvalue weighted by Crippen LogP contribution is -1.90. The Morgan fingerprint density at radius 2 is 1.48 bits per heavy atom. The average Bonchev–Trinajstić information content (AvgIpc) is 2.74. The maximum atomic E-state index is 15.2. The van der Waals surface area contributed by atoms with Crippen LogP contribution in [0.1, 0.15) is 25.3 Å². The van der Waals surface area contributed by atoms with Gasteiger partial charge in [-0.3, -0.25) is 0 Å². The highest BCUT2D eigenvalue weighted by Crippen LogP contribution is 2.32. The quantitative estimate of drug-likeness (QED) is 0.312. The van der Waals surface area contributed by atoms with Gasteiger partial charge in [-0.2, -0.15) is 0 Å². The van der Waals surface area contributed by atoms with Gasteiger partial charge in [-0.25, -0.2) is 8.78 Å². The van der Waals surface area contributed by atoms with Gasteiger partial charge in [0.05, 0.1) is 5.02 Å². The summed E-state index contributed by atoms with van der Waals surface area (Å²) in [5.74, 6) is -0.665. The van der Waals surface area contributed by atoms with Gasteiger partial charge in [0, 0.05) is 10.9 Å². The summed E-state index contributed by atoms with van der Waals surface area (Å²) in [4.78, 5) is 0. The summed E-state index contributed by atoms with van der Waals surface area (Å²) in [6, 6.07) is 22.0. The molecule has 0 aliphatic rings. The number of rotatable bonds is 5. The van der Waals surface area contributed by atoms with Crippen molar-refractivity contribution in [2.24, 2.45) is 0 Å². The highest BCUT2D eigenvalue weighted by atomic mass is 35.5. The summed E-state index contributed by atoms with van der Waals surface area (Å²) in [7, 11) is 0. The van der Waals surface area contributed by atoms with Crippen LogP contribution >= 0.6 is 11.6 Å². The smallest absolute Gasteiger partial charge is 0.142 e. The number of hydrogen-bond acceptors (Lipinski definition) is 0. The lowest BCUT2D eigenvalue weighted by molar-refractivity contribution is 0.629. The molecule has 0 fully saturated rings. The molecule has 0 heterocycles. The lowest BCUT2D eigenvalue weighted by atomic mass is 9.96. The largest absolute Gasteiger partial charge is 0.206 e. The third kappa shape index (κ3) is 4.04. The molecule has 0 aliphatic heterocycles. The minimum atomic E-state index is -0.452. The monoisotopic (exact) mass is 406 g/mol. The predicted molar refractivity (Wildman–Crippen MR) is 118 cm³/mol. The molecule has 0 atom stereocenters. The molecular formula is C26H21ClF2. The number of aryl methyl sites for hydroxylation is 1. The Labute approximate surface area is 174 Å². The van der Waals surface area contributed by atoms with E-state index in [2.05, 4.69) is 13.0 Å². The second-order valence-corrected chi connectivity index (χ2v) is 7.70. The van der Waals surface area contributed by atoms with Crippen LogP contribution in [-0.2, 0) is 6.42 Å². The second-order valence-electron chi connectivity index (χ2n) is 7.29. The number of unbranched alkanes of at least 4 members (excludes halogenated alkanes) is 1. The molecule has 3 heteroatoms. The number of fused-ring (bicyclic) bond motifs is 1. The van der Waals surface area contributed by atoms with Crippen LogP contribution in [0, 0.1) is 11.6 Å². The van der Waals surface area contributed by atoms with Crippen LogP contribution in [0.15, 0.2) is 72.8 Å². The molecule has 0 aliphatic carbocycles. The van der Waals surface area contributed by atoms with Crippen molar-refractivity contribution in [2.45, 2.75) is 26.2 Å². The van der Waals surface area contributed by atoms with E-state index in [9.17, 15) is 4.39 Å². The molecule has 0 unspecified atom stereocenters. The Balaban J connectivity index is 1.67. The van der Waals surface area contributed by atoms with Crippen LogP contribution in [0.3, 0.4) is 0 Å². The van der Waals surface area contributed by atoms with E-state index in [0.717, 1.165) is 41.3 Å². The van der Waals surface area contributed by atoms with E-state index in [0.29, 0.717) is 10.9 Å². The Kier molecular flexibility index (Phi) is 5.64. The molecule has 0 saturated heterocycles. The average molecular weight is 407 g/mol. The summed E-state index contributed by atoms with van der Waals surface area (Å²) in [6.07, 6.45) is 3.29. The van der Waals surface area contributed by atoms with Crippen molar-refractivity contribution in [3.63, 3.8) is 0 Å². The summed E-state index contributed by atoms with van der Waals surface area (Å²) < 4.78 is 28.9. The van der Waals surface area contributed by atoms with E-state index in [4.69, 9.17) is 11.6 Å². The van der Waals surface area contributed by atoms with Crippen LogP contribution in [-0.4, -0.2) is 0 Å². The fourth-order valence-electron chi connectivity index (χ4n) is 3.62. The topological polar surface area (TPSA) is 0 Å². The van der Waals surface area contributed by atoms with Crippen molar-refractivity contribution in [3.05, 3.63) is 95.0 Å². The molecule has 0 radical (unpaired) electrons. The molecule has 146 valence electrons. The molecule has 0 saturated carbocycles. The van der Waals surface area contributed by atoms with Gasteiger partial charge in [0.1, 0.15) is 11.6 Å². The second kappa shape index (κ2) is 8.34. The van der Waals surface area contributed by atoms with Gasteiger partial charge >= 0.3 is 0 Å². The Morgan fingerprint density at radius 3 is 2.21 bits per heavy atom. The molecule has 0 aromatic heterocycles. The van der Waals surface area contributed by atoms with E-state index >= 15 is 4.39 Å². The molecular weight excluding hydrogens is 386 g/mol. The molecule has 0 nitrogen and oxygen atoms in total. The van der Waals surface area contributed by atoms with E-state index in [1.165, 1.54) is 17.7 Å². The molecule has 0 amide bonds. The minimum Gasteiger partial charge on any atom is -0.206 e. The molecule has 0 spiro atoms. The van der Waals surface area contributed by atoms with E-state index < -0.39 is 5.82 Å². The summed E-state index contributed by atoms with van der Waals surface area (Å²) in [5.41, 5.74) is 4.18. The molecule has 0 N–H and O–H groups in total. The van der Waals surface area contributed by atoms with Gasteiger partial charge < -0.3 is 0 Å². The predicted octanol–water partition coefficient (Wildman–Crippen LogP) is 8.45. The summed E-state index contributed by atoms with van der Waals surface area (Å²) >= 11 is 5.76. The van der Waals surface area contributed by atoms with Crippen LogP contribution in [0.25, 0.3) is 33.0 Å². The van der Waals surface area contributed by atoms with Crippen molar-refractivity contribution >= 4 is 22.4 Å². The van der Waals surface area contributed by atoms with Gasteiger partial charge in [0.2, 0.25) is 0 Å². The SMILES string of the molecule is CCCCc1ccc2c(F)c(-c3ccc(-c4ccc(Cl)c(F)c4)cc3)ccc2c1. The van der Waals surface area contributed by atoms with Crippen molar-refractivity contribution in [3.8, 4) is 22.3 Å². The highest BCUT2D eigenvalue weighted by molar-refractivity contribution is 6.30. The van der Waals surface area contributed by atoms with Crippen molar-refractivity contribution in [2.75, 3.05) is 0 Å². The number of hydrogen-bond donors (Lipinski definition) is 0. The fourth-order valence-corrected chi connectivity index (χ4v) is 3.74. The van der Waals surface area contributed by atoms with Crippen molar-refractivity contribution < 1.29 is 8.78 Å². The Bertz CT molecular complexity index is 1160. The van der Waals surface area contributed by atoms with Crippen LogP contribution in [0.2, 0.25) is 5.02 Å². The maximum Gasteiger partial charge on any atom is 0.142 e.